The second-order valence-corrected chi connectivity index (χ2v) is 6.54. The number of carbonyl (C=O) groups excluding carboxylic acids is 5. The molecule has 0 radical (unpaired) electrons. The van der Waals surface area contributed by atoms with Crippen molar-refractivity contribution in [2.24, 2.45) is 5.92 Å². The molecule has 0 saturated carbocycles. The van der Waals surface area contributed by atoms with E-state index in [2.05, 4.69) is 13.8 Å². The molecule has 0 aromatic rings. The molecule has 0 spiro atoms. The van der Waals surface area contributed by atoms with Crippen molar-refractivity contribution in [3.63, 3.8) is 0 Å². The molecule has 0 bridgehead atoms. The summed E-state index contributed by atoms with van der Waals surface area (Å²) >= 11 is 0. The second kappa shape index (κ2) is 14.3. The molecule has 0 aliphatic carbocycles. The molecule has 148 valence electrons. The summed E-state index contributed by atoms with van der Waals surface area (Å²) in [6.07, 6.45) is 8.23. The van der Waals surface area contributed by atoms with Crippen LogP contribution in [0.15, 0.2) is 0 Å². The molecule has 0 amide bonds. The fourth-order valence-corrected chi connectivity index (χ4v) is 2.72. The zero-order chi connectivity index (χ0) is 19.9. The van der Waals surface area contributed by atoms with Gasteiger partial charge in [-0.1, -0.05) is 52.9 Å². The highest BCUT2D eigenvalue weighted by atomic mass is 16.5. The first-order valence-corrected chi connectivity index (χ1v) is 9.70. The van der Waals surface area contributed by atoms with Crippen molar-refractivity contribution < 1.29 is 28.7 Å². The van der Waals surface area contributed by atoms with Gasteiger partial charge in [0.15, 0.2) is 6.29 Å². The maximum absolute atomic E-state index is 12.4. The van der Waals surface area contributed by atoms with Crippen LogP contribution >= 0.6 is 0 Å². The lowest BCUT2D eigenvalue weighted by Gasteiger charge is -2.20. The number of esters is 1. The minimum absolute atomic E-state index is 0.0487. The van der Waals surface area contributed by atoms with Gasteiger partial charge in [0.2, 0.25) is 5.78 Å². The summed E-state index contributed by atoms with van der Waals surface area (Å²) in [5.74, 6) is -6.14. The van der Waals surface area contributed by atoms with E-state index in [1.807, 2.05) is 0 Å². The molecule has 0 N–H and O–H groups in total. The summed E-state index contributed by atoms with van der Waals surface area (Å²) in [7, 11) is 0. The van der Waals surface area contributed by atoms with Gasteiger partial charge in [-0.25, -0.2) is 0 Å². The van der Waals surface area contributed by atoms with Crippen LogP contribution in [0.3, 0.4) is 0 Å². The van der Waals surface area contributed by atoms with Gasteiger partial charge in [-0.15, -0.1) is 0 Å². The van der Waals surface area contributed by atoms with E-state index in [-0.39, 0.29) is 18.8 Å². The van der Waals surface area contributed by atoms with E-state index in [4.69, 9.17) is 4.74 Å². The minimum atomic E-state index is -1.45. The Hall–Kier alpha value is -1.85. The Labute approximate surface area is 156 Å². The molecular formula is C20H32O6. The zero-order valence-corrected chi connectivity index (χ0v) is 16.3. The highest BCUT2D eigenvalue weighted by molar-refractivity contribution is 6.75. The van der Waals surface area contributed by atoms with E-state index < -0.39 is 29.2 Å². The molecule has 0 aliphatic rings. The van der Waals surface area contributed by atoms with E-state index >= 15 is 0 Å². The fraction of sp³-hybridized carbons (Fsp3) is 0.750. The van der Waals surface area contributed by atoms with Gasteiger partial charge in [-0.3, -0.25) is 24.0 Å². The number of aldehydes is 1. The van der Waals surface area contributed by atoms with Crippen molar-refractivity contribution in [1.29, 1.82) is 0 Å². The van der Waals surface area contributed by atoms with Gasteiger partial charge < -0.3 is 4.74 Å². The average molecular weight is 368 g/mol. The van der Waals surface area contributed by atoms with Crippen molar-refractivity contribution in [2.45, 2.75) is 91.1 Å². The maximum atomic E-state index is 12.4. The fourth-order valence-electron chi connectivity index (χ4n) is 2.72. The smallest absolute Gasteiger partial charge is 0.317 e. The number of hydrogen-bond acceptors (Lipinski definition) is 6. The number of ether oxygens (including phenoxy) is 1. The van der Waals surface area contributed by atoms with E-state index in [0.717, 1.165) is 57.8 Å². The van der Waals surface area contributed by atoms with Gasteiger partial charge >= 0.3 is 5.97 Å². The van der Waals surface area contributed by atoms with Crippen LogP contribution in [0.4, 0.5) is 0 Å². The summed E-state index contributed by atoms with van der Waals surface area (Å²) in [5, 5.41) is 0. The van der Waals surface area contributed by atoms with Crippen molar-refractivity contribution >= 4 is 29.6 Å². The van der Waals surface area contributed by atoms with Crippen LogP contribution < -0.4 is 0 Å². The average Bonchev–Trinajstić information content (AvgIpc) is 2.64. The van der Waals surface area contributed by atoms with Gasteiger partial charge in [0.1, 0.15) is 12.0 Å². The van der Waals surface area contributed by atoms with Crippen LogP contribution in [0.2, 0.25) is 0 Å². The van der Waals surface area contributed by atoms with Crippen LogP contribution in [0.5, 0.6) is 0 Å². The van der Waals surface area contributed by atoms with E-state index in [9.17, 15) is 24.0 Å². The molecule has 0 rings (SSSR count). The van der Waals surface area contributed by atoms with Gasteiger partial charge in [0.25, 0.3) is 11.6 Å². The Kier molecular flexibility index (Phi) is 13.3. The molecule has 6 nitrogen and oxygen atoms in total. The third kappa shape index (κ3) is 9.02. The third-order valence-corrected chi connectivity index (χ3v) is 4.36. The Balaban J connectivity index is 4.86. The predicted octanol–water partition coefficient (Wildman–Crippen LogP) is 3.38. The molecule has 6 heteroatoms. The Morgan fingerprint density at radius 3 is 1.88 bits per heavy atom. The molecule has 0 aromatic carbocycles. The SMILES string of the molecule is CCCCCCC(CCCCC)OC(=O)C(CC)C(=O)C(=O)C(=O)C=O. The monoisotopic (exact) mass is 368 g/mol. The minimum Gasteiger partial charge on any atom is -0.462 e. The lowest BCUT2D eigenvalue weighted by atomic mass is 9.96. The van der Waals surface area contributed by atoms with Gasteiger partial charge in [0.05, 0.1) is 0 Å². The predicted molar refractivity (Wildman–Crippen MR) is 97.6 cm³/mol. The molecule has 0 aromatic heterocycles. The van der Waals surface area contributed by atoms with Gasteiger partial charge in [0, 0.05) is 0 Å². The van der Waals surface area contributed by atoms with Crippen molar-refractivity contribution in [3.8, 4) is 0 Å². The van der Waals surface area contributed by atoms with Gasteiger partial charge in [-0.2, -0.15) is 0 Å². The molecule has 0 saturated heterocycles. The van der Waals surface area contributed by atoms with E-state index in [1.165, 1.54) is 0 Å². The largest absolute Gasteiger partial charge is 0.462 e. The third-order valence-electron chi connectivity index (χ3n) is 4.36. The van der Waals surface area contributed by atoms with Crippen LogP contribution in [0.25, 0.3) is 0 Å². The summed E-state index contributed by atoms with van der Waals surface area (Å²) in [6, 6.07) is 0. The molecule has 0 heterocycles. The van der Waals surface area contributed by atoms with Crippen molar-refractivity contribution in [1.82, 2.24) is 0 Å². The number of hydrogen-bond donors (Lipinski definition) is 0. The quantitative estimate of drug-likeness (QED) is 0.136. The molecule has 2 unspecified atom stereocenters. The number of carbonyl (C=O) groups is 5. The van der Waals surface area contributed by atoms with E-state index in [1.54, 1.807) is 6.92 Å². The van der Waals surface area contributed by atoms with Crippen LogP contribution in [0.1, 0.15) is 85.0 Å². The Bertz CT molecular complexity index is 483. The number of rotatable bonds is 16. The normalized spacial score (nSPS) is 12.9. The van der Waals surface area contributed by atoms with Crippen LogP contribution in [-0.4, -0.2) is 35.7 Å². The molecule has 2 atom stereocenters. The Morgan fingerprint density at radius 2 is 1.38 bits per heavy atom. The molecule has 0 aliphatic heterocycles. The standard InChI is InChI=1S/C20H32O6/c1-4-7-9-11-13-15(12-10-8-5-2)26-20(25)16(6-3)18(23)19(24)17(22)14-21/h14-16H,4-13H2,1-3H3. The topological polar surface area (TPSA) is 94.6 Å². The zero-order valence-electron chi connectivity index (χ0n) is 16.3. The lowest BCUT2D eigenvalue weighted by Crippen LogP contribution is -2.37. The summed E-state index contributed by atoms with van der Waals surface area (Å²) in [6.45, 7) is 5.77. The number of ketones is 3. The molecular weight excluding hydrogens is 336 g/mol. The highest BCUT2D eigenvalue weighted by Gasteiger charge is 2.35. The maximum Gasteiger partial charge on any atom is 0.317 e. The van der Waals surface area contributed by atoms with E-state index in [0.29, 0.717) is 0 Å². The number of unbranched alkanes of at least 4 members (excludes halogenated alkanes) is 5. The van der Waals surface area contributed by atoms with Crippen LogP contribution in [0, 0.1) is 5.92 Å². The lowest BCUT2D eigenvalue weighted by molar-refractivity contribution is -0.160. The van der Waals surface area contributed by atoms with Gasteiger partial charge in [-0.05, 0) is 32.1 Å². The highest BCUT2D eigenvalue weighted by Crippen LogP contribution is 2.18. The summed E-state index contributed by atoms with van der Waals surface area (Å²) in [4.78, 5) is 57.5. The summed E-state index contributed by atoms with van der Waals surface area (Å²) in [5.41, 5.74) is 0. The van der Waals surface area contributed by atoms with Crippen molar-refractivity contribution in [2.75, 3.05) is 0 Å². The van der Waals surface area contributed by atoms with Crippen LogP contribution in [-0.2, 0) is 28.7 Å². The second-order valence-electron chi connectivity index (χ2n) is 6.54. The summed E-state index contributed by atoms with van der Waals surface area (Å²) < 4.78 is 5.50. The Morgan fingerprint density at radius 1 is 0.846 bits per heavy atom. The first-order valence-electron chi connectivity index (χ1n) is 9.70. The number of Topliss-reactive ketones (excluding diaryl/α,β-unsaturated/α-hetero) is 3. The molecule has 26 heavy (non-hydrogen) atoms. The first-order chi connectivity index (χ1) is 12.4. The van der Waals surface area contributed by atoms with Crippen molar-refractivity contribution in [3.05, 3.63) is 0 Å². The molecule has 0 fully saturated rings. The first kappa shape index (κ1) is 24.1.